The second-order valence-corrected chi connectivity index (χ2v) is 4.01. The first-order valence-corrected chi connectivity index (χ1v) is 6.02. The molecule has 2 heterocycles. The molecule has 0 spiro atoms. The van der Waals surface area contributed by atoms with E-state index in [4.69, 9.17) is 10.5 Å². The summed E-state index contributed by atoms with van der Waals surface area (Å²) in [5, 5.41) is 6.99. The molecule has 0 aliphatic rings. The molecule has 0 bridgehead atoms. The van der Waals surface area contributed by atoms with Gasteiger partial charge in [0.15, 0.2) is 0 Å². The lowest BCUT2D eigenvalue weighted by atomic mass is 10.3. The minimum absolute atomic E-state index is 0.0894. The molecule has 0 atom stereocenters. The fourth-order valence-corrected chi connectivity index (χ4v) is 1.65. The van der Waals surface area contributed by atoms with Gasteiger partial charge in [0.05, 0.1) is 7.11 Å². The third-order valence-electron chi connectivity index (χ3n) is 2.61. The number of nitrogens with two attached hydrogens (primary N) is 1. The zero-order valence-corrected chi connectivity index (χ0v) is 11.1. The molecule has 0 unspecified atom stereocenters. The number of methoxy groups -OCH3 is 1. The van der Waals surface area contributed by atoms with Crippen LogP contribution >= 0.6 is 0 Å². The van der Waals surface area contributed by atoms with Crippen LogP contribution < -0.4 is 15.8 Å². The maximum atomic E-state index is 5.68. The second-order valence-electron chi connectivity index (χ2n) is 4.01. The van der Waals surface area contributed by atoms with E-state index in [1.807, 2.05) is 24.3 Å². The van der Waals surface area contributed by atoms with Gasteiger partial charge in [0.25, 0.3) is 5.95 Å². The molecule has 3 rings (SSSR count). The van der Waals surface area contributed by atoms with Gasteiger partial charge < -0.3 is 15.8 Å². The van der Waals surface area contributed by atoms with Gasteiger partial charge in [-0.3, -0.25) is 0 Å². The van der Waals surface area contributed by atoms with E-state index in [0.717, 1.165) is 11.4 Å². The van der Waals surface area contributed by atoms with Crippen molar-refractivity contribution < 1.29 is 4.74 Å². The van der Waals surface area contributed by atoms with E-state index in [-0.39, 0.29) is 11.9 Å². The SMILES string of the molecule is COc1ccc(Nc2nc(N)nc(-n3cncn3)n2)cc1. The Morgan fingerprint density at radius 2 is 1.95 bits per heavy atom. The summed E-state index contributed by atoms with van der Waals surface area (Å²) >= 11 is 0. The highest BCUT2D eigenvalue weighted by molar-refractivity contribution is 5.55. The van der Waals surface area contributed by atoms with Crippen molar-refractivity contribution in [1.82, 2.24) is 29.7 Å². The van der Waals surface area contributed by atoms with Crippen molar-refractivity contribution >= 4 is 17.6 Å². The Morgan fingerprint density at radius 1 is 1.14 bits per heavy atom. The van der Waals surface area contributed by atoms with Crippen LogP contribution in [0.2, 0.25) is 0 Å². The summed E-state index contributed by atoms with van der Waals surface area (Å²) in [5.41, 5.74) is 6.48. The number of nitrogen functional groups attached to an aromatic ring is 1. The Kier molecular flexibility index (Phi) is 3.29. The summed E-state index contributed by atoms with van der Waals surface area (Å²) in [7, 11) is 1.61. The first kappa shape index (κ1) is 12.8. The fourth-order valence-electron chi connectivity index (χ4n) is 1.65. The van der Waals surface area contributed by atoms with Gasteiger partial charge in [0.1, 0.15) is 18.4 Å². The Hall–Kier alpha value is -3.23. The molecule has 1 aromatic carbocycles. The number of rotatable bonds is 4. The smallest absolute Gasteiger partial charge is 0.258 e. The minimum Gasteiger partial charge on any atom is -0.497 e. The molecular formula is C12H12N8O. The maximum Gasteiger partial charge on any atom is 0.258 e. The van der Waals surface area contributed by atoms with E-state index in [9.17, 15) is 0 Å². The van der Waals surface area contributed by atoms with E-state index in [0.29, 0.717) is 5.95 Å². The number of hydrogen-bond acceptors (Lipinski definition) is 8. The van der Waals surface area contributed by atoms with Crippen molar-refractivity contribution in [2.24, 2.45) is 0 Å². The molecule has 3 N–H and O–H groups in total. The predicted molar refractivity (Wildman–Crippen MR) is 75.4 cm³/mol. The summed E-state index contributed by atoms with van der Waals surface area (Å²) in [4.78, 5) is 16.1. The second kappa shape index (κ2) is 5.41. The van der Waals surface area contributed by atoms with Gasteiger partial charge in [-0.05, 0) is 24.3 Å². The lowest BCUT2D eigenvalue weighted by molar-refractivity contribution is 0.415. The first-order valence-electron chi connectivity index (χ1n) is 6.02. The van der Waals surface area contributed by atoms with Gasteiger partial charge in [-0.25, -0.2) is 4.98 Å². The van der Waals surface area contributed by atoms with E-state index in [2.05, 4.69) is 30.4 Å². The van der Waals surface area contributed by atoms with Crippen molar-refractivity contribution in [1.29, 1.82) is 0 Å². The summed E-state index contributed by atoms with van der Waals surface area (Å²) in [6.07, 6.45) is 2.86. The summed E-state index contributed by atoms with van der Waals surface area (Å²) in [5.74, 6) is 1.46. The van der Waals surface area contributed by atoms with Crippen LogP contribution in [0.15, 0.2) is 36.9 Å². The molecule has 0 radical (unpaired) electrons. The summed E-state index contributed by atoms with van der Waals surface area (Å²) in [6, 6.07) is 7.33. The van der Waals surface area contributed by atoms with Crippen LogP contribution in [0, 0.1) is 0 Å². The average Bonchev–Trinajstić information content (AvgIpc) is 3.02. The standard InChI is InChI=1S/C12H12N8O/c1-21-9-4-2-8(3-5-9)16-11-17-10(13)18-12(19-11)20-7-14-6-15-20/h2-7H,1H3,(H3,13,16,17,18,19). The zero-order valence-electron chi connectivity index (χ0n) is 11.1. The van der Waals surface area contributed by atoms with E-state index >= 15 is 0 Å². The fraction of sp³-hybridized carbons (Fsp3) is 0.0833. The number of hydrogen-bond donors (Lipinski definition) is 2. The van der Waals surface area contributed by atoms with Crippen LogP contribution in [-0.4, -0.2) is 36.8 Å². The van der Waals surface area contributed by atoms with Gasteiger partial charge in [-0.15, -0.1) is 0 Å². The number of benzene rings is 1. The molecule has 0 aliphatic heterocycles. The van der Waals surface area contributed by atoms with Crippen molar-refractivity contribution in [3.8, 4) is 11.7 Å². The van der Waals surface area contributed by atoms with Crippen molar-refractivity contribution in [2.75, 3.05) is 18.2 Å². The number of anilines is 3. The van der Waals surface area contributed by atoms with Crippen LogP contribution in [0.4, 0.5) is 17.6 Å². The van der Waals surface area contributed by atoms with Crippen LogP contribution in [-0.2, 0) is 0 Å². The highest BCUT2D eigenvalue weighted by atomic mass is 16.5. The average molecular weight is 284 g/mol. The molecule has 0 saturated carbocycles. The van der Waals surface area contributed by atoms with Crippen LogP contribution in [0.3, 0.4) is 0 Å². The normalized spacial score (nSPS) is 10.3. The Labute approximate surface area is 119 Å². The number of ether oxygens (including phenoxy) is 1. The number of nitrogens with one attached hydrogen (secondary N) is 1. The highest BCUT2D eigenvalue weighted by Gasteiger charge is 2.07. The first-order chi connectivity index (χ1) is 10.2. The Morgan fingerprint density at radius 3 is 2.62 bits per heavy atom. The van der Waals surface area contributed by atoms with Gasteiger partial charge in [-0.1, -0.05) is 0 Å². The largest absolute Gasteiger partial charge is 0.497 e. The van der Waals surface area contributed by atoms with Gasteiger partial charge >= 0.3 is 0 Å². The molecule has 21 heavy (non-hydrogen) atoms. The zero-order chi connectivity index (χ0) is 14.7. The molecule has 0 fully saturated rings. The number of aromatic nitrogens is 6. The minimum atomic E-state index is 0.0894. The Balaban J connectivity index is 1.88. The Bertz CT molecular complexity index is 726. The van der Waals surface area contributed by atoms with Crippen molar-refractivity contribution in [2.45, 2.75) is 0 Å². The van der Waals surface area contributed by atoms with Gasteiger partial charge in [-0.2, -0.15) is 24.7 Å². The summed E-state index contributed by atoms with van der Waals surface area (Å²) in [6.45, 7) is 0. The third kappa shape index (κ3) is 2.86. The van der Waals surface area contributed by atoms with E-state index in [1.54, 1.807) is 7.11 Å². The van der Waals surface area contributed by atoms with E-state index in [1.165, 1.54) is 17.3 Å². The van der Waals surface area contributed by atoms with Crippen LogP contribution in [0.1, 0.15) is 0 Å². The molecule has 9 nitrogen and oxygen atoms in total. The van der Waals surface area contributed by atoms with Crippen molar-refractivity contribution in [3.63, 3.8) is 0 Å². The summed E-state index contributed by atoms with van der Waals surface area (Å²) < 4.78 is 6.50. The lowest BCUT2D eigenvalue weighted by Crippen LogP contribution is -2.09. The molecule has 106 valence electrons. The molecular weight excluding hydrogens is 272 g/mol. The molecule has 0 aliphatic carbocycles. The lowest BCUT2D eigenvalue weighted by Gasteiger charge is -2.07. The topological polar surface area (TPSA) is 117 Å². The van der Waals surface area contributed by atoms with Crippen LogP contribution in [0.5, 0.6) is 5.75 Å². The molecule has 9 heteroatoms. The highest BCUT2D eigenvalue weighted by Crippen LogP contribution is 2.18. The predicted octanol–water partition coefficient (Wildman–Crippen LogP) is 0.787. The van der Waals surface area contributed by atoms with E-state index < -0.39 is 0 Å². The van der Waals surface area contributed by atoms with Crippen molar-refractivity contribution in [3.05, 3.63) is 36.9 Å². The molecule has 0 saturated heterocycles. The third-order valence-corrected chi connectivity index (χ3v) is 2.61. The maximum absolute atomic E-state index is 5.68. The van der Waals surface area contributed by atoms with Gasteiger partial charge in [0, 0.05) is 5.69 Å². The molecule has 0 amide bonds. The molecule has 3 aromatic rings. The van der Waals surface area contributed by atoms with Crippen LogP contribution in [0.25, 0.3) is 5.95 Å². The monoisotopic (exact) mass is 284 g/mol. The number of nitrogens with zero attached hydrogens (tertiary/aromatic N) is 6. The quantitative estimate of drug-likeness (QED) is 0.722. The molecule has 2 aromatic heterocycles. The van der Waals surface area contributed by atoms with Gasteiger partial charge in [0.2, 0.25) is 11.9 Å².